The highest BCUT2D eigenvalue weighted by Crippen LogP contribution is 2.38. The fraction of sp³-hybridized carbons (Fsp3) is 0.500. The molecule has 2 aromatic rings. The zero-order valence-corrected chi connectivity index (χ0v) is 14.8. The van der Waals surface area contributed by atoms with Crippen molar-refractivity contribution in [3.63, 3.8) is 0 Å². The maximum absolute atomic E-state index is 12.2. The molecule has 1 amide bonds. The van der Waals surface area contributed by atoms with Gasteiger partial charge in [-0.3, -0.25) is 4.79 Å². The van der Waals surface area contributed by atoms with Gasteiger partial charge in [0.25, 0.3) is 0 Å². The number of hydrogen-bond donors (Lipinski definition) is 1. The second kappa shape index (κ2) is 6.35. The first kappa shape index (κ1) is 16.6. The zero-order chi connectivity index (χ0) is 17.4. The molecule has 1 aliphatic heterocycles. The molecule has 0 aliphatic carbocycles. The number of ether oxygens (including phenoxy) is 1. The van der Waals surface area contributed by atoms with Gasteiger partial charge in [0.1, 0.15) is 27.4 Å². The highest BCUT2D eigenvalue weighted by molar-refractivity contribution is 7.20. The number of rotatable bonds is 4. The second-order valence-corrected chi connectivity index (χ2v) is 6.80. The second-order valence-electron chi connectivity index (χ2n) is 5.81. The molecule has 0 bridgehead atoms. The molecule has 2 aromatic heterocycles. The molecule has 3 rings (SSSR count). The van der Waals surface area contributed by atoms with E-state index in [-0.39, 0.29) is 17.9 Å². The molecule has 1 atom stereocenters. The van der Waals surface area contributed by atoms with Crippen molar-refractivity contribution in [3.8, 4) is 0 Å². The van der Waals surface area contributed by atoms with Gasteiger partial charge in [-0.05, 0) is 39.2 Å². The number of fused-ring (bicyclic) bond motifs is 1. The van der Waals surface area contributed by atoms with Crippen LogP contribution in [0.2, 0.25) is 0 Å². The summed E-state index contributed by atoms with van der Waals surface area (Å²) in [7, 11) is 0. The lowest BCUT2D eigenvalue weighted by Crippen LogP contribution is -2.41. The first-order chi connectivity index (χ1) is 11.4. The number of carbonyl (C=O) groups is 2. The van der Waals surface area contributed by atoms with Gasteiger partial charge < -0.3 is 15.4 Å². The number of aromatic nitrogens is 2. The Morgan fingerprint density at radius 2 is 2.12 bits per heavy atom. The highest BCUT2D eigenvalue weighted by Gasteiger charge is 2.33. The number of hydrogen-bond acceptors (Lipinski definition) is 7. The maximum atomic E-state index is 12.2. The van der Waals surface area contributed by atoms with E-state index in [9.17, 15) is 9.59 Å². The van der Waals surface area contributed by atoms with E-state index in [0.29, 0.717) is 36.1 Å². The zero-order valence-electron chi connectivity index (χ0n) is 14.0. The van der Waals surface area contributed by atoms with Gasteiger partial charge >= 0.3 is 5.97 Å². The maximum Gasteiger partial charge on any atom is 0.348 e. The molecule has 3 heterocycles. The first-order valence-electron chi connectivity index (χ1n) is 7.94. The van der Waals surface area contributed by atoms with Crippen molar-refractivity contribution in [2.75, 3.05) is 18.1 Å². The van der Waals surface area contributed by atoms with Crippen LogP contribution in [0, 0.1) is 13.8 Å². The van der Waals surface area contributed by atoms with Crippen LogP contribution in [0.5, 0.6) is 0 Å². The number of carbonyl (C=O) groups excluding carboxylic acids is 2. The number of amides is 1. The summed E-state index contributed by atoms with van der Waals surface area (Å²) in [5.41, 5.74) is 6.33. The van der Waals surface area contributed by atoms with Crippen molar-refractivity contribution in [2.24, 2.45) is 5.73 Å². The topological polar surface area (TPSA) is 98.4 Å². The lowest BCUT2D eigenvalue weighted by atomic mass is 10.1. The summed E-state index contributed by atoms with van der Waals surface area (Å²) in [6.07, 6.45) is 1.60. The van der Waals surface area contributed by atoms with E-state index < -0.39 is 0 Å². The minimum atomic E-state index is -0.368. The normalized spacial score (nSPS) is 17.5. The molecule has 2 N–H and O–H groups in total. The molecule has 1 unspecified atom stereocenters. The summed E-state index contributed by atoms with van der Waals surface area (Å²) in [5.74, 6) is 0.581. The van der Waals surface area contributed by atoms with Crippen molar-refractivity contribution in [3.05, 3.63) is 16.3 Å². The van der Waals surface area contributed by atoms with Crippen LogP contribution in [-0.2, 0) is 9.53 Å². The van der Waals surface area contributed by atoms with Crippen LogP contribution >= 0.6 is 11.3 Å². The van der Waals surface area contributed by atoms with E-state index >= 15 is 0 Å². The summed E-state index contributed by atoms with van der Waals surface area (Å²) < 4.78 is 5.13. The van der Waals surface area contributed by atoms with Crippen molar-refractivity contribution >= 4 is 39.2 Å². The van der Waals surface area contributed by atoms with E-state index in [1.54, 1.807) is 13.8 Å². The minimum Gasteiger partial charge on any atom is -0.462 e. The Balaban J connectivity index is 2.17. The molecule has 0 radical (unpaired) electrons. The van der Waals surface area contributed by atoms with Gasteiger partial charge in [0, 0.05) is 6.54 Å². The van der Waals surface area contributed by atoms with Gasteiger partial charge in [0.15, 0.2) is 0 Å². The average Bonchev–Trinajstić information content (AvgIpc) is 3.12. The van der Waals surface area contributed by atoms with Crippen LogP contribution in [0.15, 0.2) is 0 Å². The van der Waals surface area contributed by atoms with Crippen LogP contribution in [0.4, 0.5) is 5.82 Å². The standard InChI is InChI=1S/C16H20N4O3S/c1-4-23-16(22)12-8(2)11-14(18-9(3)19-15(11)24-12)20-7-5-6-10(20)13(17)21/h10H,4-7H2,1-3H3,(H2,17,21). The Labute approximate surface area is 143 Å². The Hall–Kier alpha value is -2.22. The number of nitrogens with two attached hydrogens (primary N) is 1. The summed E-state index contributed by atoms with van der Waals surface area (Å²) >= 11 is 1.30. The Kier molecular flexibility index (Phi) is 4.40. The molecular formula is C16H20N4O3S. The molecule has 0 spiro atoms. The Bertz CT molecular complexity index is 817. The SMILES string of the molecule is CCOC(=O)c1sc2nc(C)nc(N3CCCC3C(N)=O)c2c1C. The minimum absolute atomic E-state index is 0.319. The van der Waals surface area contributed by atoms with Crippen LogP contribution in [0.1, 0.15) is 40.8 Å². The van der Waals surface area contributed by atoms with Gasteiger partial charge in [-0.25, -0.2) is 14.8 Å². The van der Waals surface area contributed by atoms with Gasteiger partial charge in [-0.15, -0.1) is 11.3 Å². The van der Waals surface area contributed by atoms with E-state index in [2.05, 4.69) is 9.97 Å². The number of aryl methyl sites for hydroxylation is 2. The summed E-state index contributed by atoms with van der Waals surface area (Å²) in [4.78, 5) is 36.1. The van der Waals surface area contributed by atoms with Gasteiger partial charge in [0.05, 0.1) is 12.0 Å². The number of thiophene rings is 1. The molecule has 1 fully saturated rings. The van der Waals surface area contributed by atoms with Crippen molar-refractivity contribution in [1.29, 1.82) is 0 Å². The first-order valence-corrected chi connectivity index (χ1v) is 8.76. The van der Waals surface area contributed by atoms with Crippen LogP contribution in [-0.4, -0.2) is 41.0 Å². The van der Waals surface area contributed by atoms with Crippen molar-refractivity contribution in [1.82, 2.24) is 9.97 Å². The number of primary amides is 1. The van der Waals surface area contributed by atoms with Gasteiger partial charge in [0.2, 0.25) is 5.91 Å². The summed E-state index contributed by atoms with van der Waals surface area (Å²) in [5, 5.41) is 0.807. The molecule has 1 saturated heterocycles. The number of esters is 1. The third-order valence-electron chi connectivity index (χ3n) is 4.20. The third-order valence-corrected chi connectivity index (χ3v) is 5.36. The van der Waals surface area contributed by atoms with Crippen molar-refractivity contribution in [2.45, 2.75) is 39.7 Å². The van der Waals surface area contributed by atoms with Crippen LogP contribution in [0.3, 0.4) is 0 Å². The van der Waals surface area contributed by atoms with E-state index in [4.69, 9.17) is 10.5 Å². The van der Waals surface area contributed by atoms with E-state index in [1.807, 2.05) is 11.8 Å². The quantitative estimate of drug-likeness (QED) is 0.848. The predicted molar refractivity (Wildman–Crippen MR) is 92.4 cm³/mol. The molecule has 7 nitrogen and oxygen atoms in total. The molecule has 1 aliphatic rings. The number of nitrogens with zero attached hydrogens (tertiary/aromatic N) is 3. The fourth-order valence-corrected chi connectivity index (χ4v) is 4.25. The third kappa shape index (κ3) is 2.71. The molecule has 128 valence electrons. The summed E-state index contributed by atoms with van der Waals surface area (Å²) in [6, 6.07) is -0.368. The molecule has 8 heteroatoms. The van der Waals surface area contributed by atoms with Gasteiger partial charge in [-0.1, -0.05) is 0 Å². The average molecular weight is 348 g/mol. The Morgan fingerprint density at radius 3 is 2.79 bits per heavy atom. The van der Waals surface area contributed by atoms with Gasteiger partial charge in [-0.2, -0.15) is 0 Å². The largest absolute Gasteiger partial charge is 0.462 e. The monoisotopic (exact) mass is 348 g/mol. The smallest absolute Gasteiger partial charge is 0.348 e. The predicted octanol–water partition coefficient (Wildman–Crippen LogP) is 1.94. The van der Waals surface area contributed by atoms with Crippen LogP contribution in [0.25, 0.3) is 10.2 Å². The van der Waals surface area contributed by atoms with E-state index in [0.717, 1.165) is 22.2 Å². The number of anilines is 1. The lowest BCUT2D eigenvalue weighted by molar-refractivity contribution is -0.119. The molecule has 24 heavy (non-hydrogen) atoms. The Morgan fingerprint density at radius 1 is 1.38 bits per heavy atom. The summed E-state index contributed by atoms with van der Waals surface area (Å²) in [6.45, 7) is 6.47. The van der Waals surface area contributed by atoms with Crippen molar-refractivity contribution < 1.29 is 14.3 Å². The highest BCUT2D eigenvalue weighted by atomic mass is 32.1. The molecule has 0 saturated carbocycles. The van der Waals surface area contributed by atoms with E-state index in [1.165, 1.54) is 11.3 Å². The molecular weight excluding hydrogens is 328 g/mol. The van der Waals surface area contributed by atoms with Crippen LogP contribution < -0.4 is 10.6 Å². The molecule has 0 aromatic carbocycles. The fourth-order valence-electron chi connectivity index (χ4n) is 3.14. The lowest BCUT2D eigenvalue weighted by Gasteiger charge is -2.24.